The van der Waals surface area contributed by atoms with Gasteiger partial charge in [-0.25, -0.2) is 15.0 Å². The molecule has 0 spiro atoms. The first kappa shape index (κ1) is 11.5. The fourth-order valence-electron chi connectivity index (χ4n) is 1.97. The molecular weight excluding hydrogens is 240 g/mol. The Morgan fingerprint density at radius 3 is 2.47 bits per heavy atom. The Balaban J connectivity index is 2.21. The summed E-state index contributed by atoms with van der Waals surface area (Å²) in [6, 6.07) is 7.59. The Labute approximate surface area is 110 Å². The van der Waals surface area contributed by atoms with E-state index in [2.05, 4.69) is 15.0 Å². The van der Waals surface area contributed by atoms with Crippen LogP contribution in [-0.4, -0.2) is 33.6 Å². The molecule has 19 heavy (non-hydrogen) atoms. The molecule has 3 rings (SSSR count). The van der Waals surface area contributed by atoms with E-state index < -0.39 is 0 Å². The van der Waals surface area contributed by atoms with Gasteiger partial charge < -0.3 is 10.6 Å². The average Bonchev–Trinajstić information content (AvgIpc) is 2.83. The fourth-order valence-corrected chi connectivity index (χ4v) is 1.97. The number of benzene rings is 1. The summed E-state index contributed by atoms with van der Waals surface area (Å²) in [5, 5.41) is 0. The third-order valence-electron chi connectivity index (χ3n) is 2.91. The van der Waals surface area contributed by atoms with Gasteiger partial charge in [0.1, 0.15) is 12.7 Å². The SMILES string of the molecule is CN(C)c1ncnc2c1ncn2-c1ccc(N)cc1. The first-order valence-corrected chi connectivity index (χ1v) is 5.88. The summed E-state index contributed by atoms with van der Waals surface area (Å²) in [6.45, 7) is 0. The van der Waals surface area contributed by atoms with Crippen molar-refractivity contribution in [3.05, 3.63) is 36.9 Å². The lowest BCUT2D eigenvalue weighted by Gasteiger charge is -2.11. The number of hydrogen-bond acceptors (Lipinski definition) is 5. The first-order chi connectivity index (χ1) is 9.16. The number of nitrogens with zero attached hydrogens (tertiary/aromatic N) is 5. The number of imidazole rings is 1. The number of fused-ring (bicyclic) bond motifs is 1. The molecule has 0 fully saturated rings. The van der Waals surface area contributed by atoms with Gasteiger partial charge in [0.05, 0.1) is 0 Å². The molecule has 6 nitrogen and oxygen atoms in total. The van der Waals surface area contributed by atoms with Gasteiger partial charge in [-0.2, -0.15) is 0 Å². The third-order valence-corrected chi connectivity index (χ3v) is 2.91. The topological polar surface area (TPSA) is 72.9 Å². The van der Waals surface area contributed by atoms with E-state index in [1.165, 1.54) is 0 Å². The van der Waals surface area contributed by atoms with Gasteiger partial charge in [0.25, 0.3) is 0 Å². The number of hydrogen-bond donors (Lipinski definition) is 1. The summed E-state index contributed by atoms with van der Waals surface area (Å²) in [4.78, 5) is 14.9. The van der Waals surface area contributed by atoms with Crippen LogP contribution in [0.5, 0.6) is 0 Å². The van der Waals surface area contributed by atoms with Crippen molar-refractivity contribution >= 4 is 22.7 Å². The van der Waals surface area contributed by atoms with E-state index in [1.54, 1.807) is 12.7 Å². The van der Waals surface area contributed by atoms with Crippen molar-refractivity contribution in [2.75, 3.05) is 24.7 Å². The number of nitrogens with two attached hydrogens (primary N) is 1. The van der Waals surface area contributed by atoms with E-state index >= 15 is 0 Å². The van der Waals surface area contributed by atoms with Crippen LogP contribution in [0.1, 0.15) is 0 Å². The summed E-state index contributed by atoms with van der Waals surface area (Å²) >= 11 is 0. The molecule has 1 aromatic carbocycles. The molecule has 6 heteroatoms. The normalized spacial score (nSPS) is 10.8. The van der Waals surface area contributed by atoms with Crippen molar-refractivity contribution < 1.29 is 0 Å². The standard InChI is InChI=1S/C13H14N6/c1-18(2)12-11-13(16-7-15-12)19(8-17-11)10-5-3-9(14)4-6-10/h3-8H,14H2,1-2H3. The van der Waals surface area contributed by atoms with E-state index in [1.807, 2.05) is 47.8 Å². The maximum atomic E-state index is 5.70. The number of nitrogen functional groups attached to an aromatic ring is 1. The highest BCUT2D eigenvalue weighted by Gasteiger charge is 2.12. The zero-order valence-electron chi connectivity index (χ0n) is 10.8. The van der Waals surface area contributed by atoms with E-state index in [9.17, 15) is 0 Å². The van der Waals surface area contributed by atoms with Gasteiger partial charge >= 0.3 is 0 Å². The molecule has 0 saturated carbocycles. The lowest BCUT2D eigenvalue weighted by Crippen LogP contribution is -2.11. The summed E-state index contributed by atoms with van der Waals surface area (Å²) in [5.41, 5.74) is 8.97. The highest BCUT2D eigenvalue weighted by Crippen LogP contribution is 2.22. The fraction of sp³-hybridized carbons (Fsp3) is 0.154. The predicted octanol–water partition coefficient (Wildman–Crippen LogP) is 1.46. The predicted molar refractivity (Wildman–Crippen MR) is 75.4 cm³/mol. The van der Waals surface area contributed by atoms with Crippen LogP contribution in [0.2, 0.25) is 0 Å². The molecule has 0 aliphatic rings. The maximum absolute atomic E-state index is 5.70. The summed E-state index contributed by atoms with van der Waals surface area (Å²) < 4.78 is 1.92. The molecule has 2 aromatic heterocycles. The molecule has 0 bridgehead atoms. The monoisotopic (exact) mass is 254 g/mol. The van der Waals surface area contributed by atoms with Gasteiger partial charge in [-0.05, 0) is 24.3 Å². The Bertz CT molecular complexity index is 714. The molecular formula is C13H14N6. The molecule has 0 amide bonds. The van der Waals surface area contributed by atoms with Gasteiger partial charge in [0.2, 0.25) is 0 Å². The number of rotatable bonds is 2. The van der Waals surface area contributed by atoms with Crippen molar-refractivity contribution in [3.63, 3.8) is 0 Å². The molecule has 0 saturated heterocycles. The minimum absolute atomic E-state index is 0.733. The zero-order chi connectivity index (χ0) is 13.4. The van der Waals surface area contributed by atoms with Gasteiger partial charge in [0, 0.05) is 25.5 Å². The minimum atomic E-state index is 0.733. The van der Waals surface area contributed by atoms with Crippen LogP contribution < -0.4 is 10.6 Å². The molecule has 0 unspecified atom stereocenters. The van der Waals surface area contributed by atoms with E-state index in [-0.39, 0.29) is 0 Å². The highest BCUT2D eigenvalue weighted by molar-refractivity contribution is 5.84. The van der Waals surface area contributed by atoms with Gasteiger partial charge in [-0.15, -0.1) is 0 Å². The third kappa shape index (κ3) is 1.87. The van der Waals surface area contributed by atoms with Gasteiger partial charge in [0.15, 0.2) is 17.0 Å². The van der Waals surface area contributed by atoms with Crippen LogP contribution in [0, 0.1) is 0 Å². The van der Waals surface area contributed by atoms with Crippen molar-refractivity contribution in [1.82, 2.24) is 19.5 Å². The highest BCUT2D eigenvalue weighted by atomic mass is 15.2. The minimum Gasteiger partial charge on any atom is -0.399 e. The second-order valence-corrected chi connectivity index (χ2v) is 4.47. The van der Waals surface area contributed by atoms with Crippen LogP contribution in [0.3, 0.4) is 0 Å². The molecule has 0 aliphatic heterocycles. The van der Waals surface area contributed by atoms with Crippen LogP contribution >= 0.6 is 0 Å². The maximum Gasteiger partial charge on any atom is 0.170 e. The Kier molecular flexibility index (Phi) is 2.56. The summed E-state index contributed by atoms with van der Waals surface area (Å²) in [7, 11) is 3.87. The van der Waals surface area contributed by atoms with Crippen molar-refractivity contribution in [1.29, 1.82) is 0 Å². The zero-order valence-corrected chi connectivity index (χ0v) is 10.8. The largest absolute Gasteiger partial charge is 0.399 e. The Morgan fingerprint density at radius 1 is 1.05 bits per heavy atom. The summed E-state index contributed by atoms with van der Waals surface area (Å²) in [6.07, 6.45) is 3.30. The van der Waals surface area contributed by atoms with Crippen molar-refractivity contribution in [3.8, 4) is 5.69 Å². The van der Waals surface area contributed by atoms with E-state index in [0.29, 0.717) is 0 Å². The van der Waals surface area contributed by atoms with Crippen LogP contribution in [-0.2, 0) is 0 Å². The Morgan fingerprint density at radius 2 is 1.79 bits per heavy atom. The second-order valence-electron chi connectivity index (χ2n) is 4.47. The lowest BCUT2D eigenvalue weighted by molar-refractivity contribution is 1.04. The molecule has 2 heterocycles. The van der Waals surface area contributed by atoms with E-state index in [4.69, 9.17) is 5.73 Å². The molecule has 0 radical (unpaired) electrons. The number of anilines is 2. The van der Waals surface area contributed by atoms with Gasteiger partial charge in [-0.1, -0.05) is 0 Å². The second kappa shape index (κ2) is 4.24. The molecule has 0 aliphatic carbocycles. The molecule has 0 atom stereocenters. The smallest absolute Gasteiger partial charge is 0.170 e. The first-order valence-electron chi connectivity index (χ1n) is 5.88. The van der Waals surface area contributed by atoms with Crippen molar-refractivity contribution in [2.45, 2.75) is 0 Å². The Hall–Kier alpha value is -2.63. The molecule has 2 N–H and O–H groups in total. The van der Waals surface area contributed by atoms with Crippen molar-refractivity contribution in [2.24, 2.45) is 0 Å². The number of aromatic nitrogens is 4. The quantitative estimate of drug-likeness (QED) is 0.701. The van der Waals surface area contributed by atoms with Crippen LogP contribution in [0.25, 0.3) is 16.9 Å². The average molecular weight is 254 g/mol. The van der Waals surface area contributed by atoms with Gasteiger partial charge in [-0.3, -0.25) is 4.57 Å². The summed E-state index contributed by atoms with van der Waals surface area (Å²) in [5.74, 6) is 0.805. The van der Waals surface area contributed by atoms with Crippen LogP contribution in [0.4, 0.5) is 11.5 Å². The lowest BCUT2D eigenvalue weighted by atomic mass is 10.3. The molecule has 96 valence electrons. The van der Waals surface area contributed by atoms with E-state index in [0.717, 1.165) is 28.4 Å². The molecule has 3 aromatic rings. The van der Waals surface area contributed by atoms with Crippen LogP contribution in [0.15, 0.2) is 36.9 Å².